The van der Waals surface area contributed by atoms with E-state index in [-0.39, 0.29) is 6.04 Å². The van der Waals surface area contributed by atoms with Crippen molar-refractivity contribution in [1.29, 1.82) is 0 Å². The van der Waals surface area contributed by atoms with Crippen molar-refractivity contribution >= 4 is 17.3 Å². The minimum absolute atomic E-state index is 0.196. The van der Waals surface area contributed by atoms with Crippen LogP contribution in [0.25, 0.3) is 0 Å². The maximum Gasteiger partial charge on any atom is 0.200 e. The molecule has 0 aromatic carbocycles. The summed E-state index contributed by atoms with van der Waals surface area (Å²) in [7, 11) is 0. The normalized spacial score (nSPS) is 12.7. The minimum Gasteiger partial charge on any atom is -0.347 e. The first-order chi connectivity index (χ1) is 7.29. The summed E-state index contributed by atoms with van der Waals surface area (Å²) in [6, 6.07) is 0.196. The Bertz CT molecular complexity index is 407. The zero-order valence-corrected chi connectivity index (χ0v) is 9.64. The molecule has 1 unspecified atom stereocenters. The SMILES string of the molecule is CCc1cnc(C(C)Nc2ncc[nH]2)s1. The summed E-state index contributed by atoms with van der Waals surface area (Å²) in [5.74, 6) is 0.788. The number of nitrogens with one attached hydrogen (secondary N) is 2. The number of aromatic amines is 1. The van der Waals surface area contributed by atoms with E-state index in [4.69, 9.17) is 0 Å². The van der Waals surface area contributed by atoms with E-state index in [1.54, 1.807) is 23.7 Å². The molecule has 0 amide bonds. The van der Waals surface area contributed by atoms with Gasteiger partial charge < -0.3 is 10.3 Å². The van der Waals surface area contributed by atoms with Crippen LogP contribution in [-0.4, -0.2) is 15.0 Å². The van der Waals surface area contributed by atoms with Gasteiger partial charge in [0.15, 0.2) is 0 Å². The van der Waals surface area contributed by atoms with E-state index < -0.39 is 0 Å². The summed E-state index contributed by atoms with van der Waals surface area (Å²) in [4.78, 5) is 12.8. The lowest BCUT2D eigenvalue weighted by molar-refractivity contribution is 0.854. The van der Waals surface area contributed by atoms with Gasteiger partial charge in [0, 0.05) is 23.5 Å². The number of aromatic nitrogens is 3. The number of thiazole rings is 1. The molecule has 2 aromatic heterocycles. The second-order valence-electron chi connectivity index (χ2n) is 3.32. The lowest BCUT2D eigenvalue weighted by Crippen LogP contribution is -2.07. The molecule has 15 heavy (non-hydrogen) atoms. The number of hydrogen-bond acceptors (Lipinski definition) is 4. The van der Waals surface area contributed by atoms with Crippen molar-refractivity contribution in [3.05, 3.63) is 28.5 Å². The second-order valence-corrected chi connectivity index (χ2v) is 4.47. The molecule has 0 fully saturated rings. The van der Waals surface area contributed by atoms with Gasteiger partial charge in [0.05, 0.1) is 6.04 Å². The summed E-state index contributed by atoms with van der Waals surface area (Å²) < 4.78 is 0. The molecule has 2 aromatic rings. The summed E-state index contributed by atoms with van der Waals surface area (Å²) in [6.07, 6.45) is 6.52. The van der Waals surface area contributed by atoms with E-state index >= 15 is 0 Å². The van der Waals surface area contributed by atoms with E-state index in [0.717, 1.165) is 17.4 Å². The fourth-order valence-electron chi connectivity index (χ4n) is 1.30. The van der Waals surface area contributed by atoms with Crippen LogP contribution in [0.4, 0.5) is 5.95 Å². The van der Waals surface area contributed by atoms with Gasteiger partial charge in [-0.2, -0.15) is 0 Å². The molecular weight excluding hydrogens is 208 g/mol. The van der Waals surface area contributed by atoms with Crippen LogP contribution >= 0.6 is 11.3 Å². The highest BCUT2D eigenvalue weighted by Gasteiger charge is 2.10. The highest BCUT2D eigenvalue weighted by molar-refractivity contribution is 7.11. The summed E-state index contributed by atoms with van der Waals surface area (Å²) >= 11 is 1.75. The molecule has 2 rings (SSSR count). The number of hydrogen-bond donors (Lipinski definition) is 2. The summed E-state index contributed by atoms with van der Waals surface area (Å²) in [5, 5.41) is 4.36. The maximum atomic E-state index is 4.38. The molecular formula is C10H14N4S. The van der Waals surface area contributed by atoms with Crippen LogP contribution in [0.2, 0.25) is 0 Å². The summed E-state index contributed by atoms with van der Waals surface area (Å²) in [5.41, 5.74) is 0. The first-order valence-corrected chi connectivity index (χ1v) is 5.81. The van der Waals surface area contributed by atoms with Gasteiger partial charge in [-0.1, -0.05) is 6.92 Å². The number of imidazole rings is 1. The summed E-state index contributed by atoms with van der Waals surface area (Å²) in [6.45, 7) is 4.22. The van der Waals surface area contributed by atoms with Crippen LogP contribution in [0.15, 0.2) is 18.6 Å². The fraction of sp³-hybridized carbons (Fsp3) is 0.400. The first-order valence-electron chi connectivity index (χ1n) is 5.00. The Morgan fingerprint density at radius 1 is 1.53 bits per heavy atom. The van der Waals surface area contributed by atoms with Gasteiger partial charge in [0.2, 0.25) is 5.95 Å². The van der Waals surface area contributed by atoms with Gasteiger partial charge >= 0.3 is 0 Å². The fourth-order valence-corrected chi connectivity index (χ4v) is 2.16. The van der Waals surface area contributed by atoms with E-state index in [1.165, 1.54) is 4.88 Å². The number of H-pyrrole nitrogens is 1. The number of anilines is 1. The van der Waals surface area contributed by atoms with Gasteiger partial charge in [0.25, 0.3) is 0 Å². The van der Waals surface area contributed by atoms with Crippen molar-refractivity contribution in [2.75, 3.05) is 5.32 Å². The Hall–Kier alpha value is -1.36. The highest BCUT2D eigenvalue weighted by Crippen LogP contribution is 2.22. The largest absolute Gasteiger partial charge is 0.347 e. The molecule has 4 nitrogen and oxygen atoms in total. The molecule has 0 bridgehead atoms. The maximum absolute atomic E-state index is 4.38. The van der Waals surface area contributed by atoms with Crippen LogP contribution in [0.1, 0.15) is 29.8 Å². The third-order valence-electron chi connectivity index (χ3n) is 2.14. The Morgan fingerprint density at radius 2 is 2.40 bits per heavy atom. The lowest BCUT2D eigenvalue weighted by atomic mass is 10.4. The minimum atomic E-state index is 0.196. The van der Waals surface area contributed by atoms with Gasteiger partial charge in [-0.15, -0.1) is 11.3 Å². The molecule has 0 radical (unpaired) electrons. The molecule has 0 aliphatic rings. The first kappa shape index (κ1) is 10.2. The number of aryl methyl sites for hydroxylation is 1. The van der Waals surface area contributed by atoms with E-state index in [0.29, 0.717) is 0 Å². The van der Waals surface area contributed by atoms with Crippen molar-refractivity contribution in [2.45, 2.75) is 26.3 Å². The monoisotopic (exact) mass is 222 g/mol. The Labute approximate surface area is 92.8 Å². The van der Waals surface area contributed by atoms with Gasteiger partial charge in [-0.25, -0.2) is 9.97 Å². The second kappa shape index (κ2) is 4.44. The third kappa shape index (κ3) is 2.36. The molecule has 0 aliphatic carbocycles. The molecule has 0 spiro atoms. The van der Waals surface area contributed by atoms with Crippen LogP contribution in [0, 0.1) is 0 Å². The molecule has 1 atom stereocenters. The predicted molar refractivity (Wildman–Crippen MR) is 62.1 cm³/mol. The van der Waals surface area contributed by atoms with E-state index in [2.05, 4.69) is 34.1 Å². The smallest absolute Gasteiger partial charge is 0.200 e. The Balaban J connectivity index is 2.04. The average molecular weight is 222 g/mol. The molecule has 0 saturated carbocycles. The average Bonchev–Trinajstić information content (AvgIpc) is 2.86. The Kier molecular flexibility index (Phi) is 3.01. The number of nitrogens with zero attached hydrogens (tertiary/aromatic N) is 2. The van der Waals surface area contributed by atoms with Gasteiger partial charge in [0.1, 0.15) is 5.01 Å². The molecule has 5 heteroatoms. The lowest BCUT2D eigenvalue weighted by Gasteiger charge is -2.09. The highest BCUT2D eigenvalue weighted by atomic mass is 32.1. The molecule has 2 heterocycles. The van der Waals surface area contributed by atoms with Crippen LogP contribution in [0.3, 0.4) is 0 Å². The third-order valence-corrected chi connectivity index (χ3v) is 3.47. The molecule has 2 N–H and O–H groups in total. The molecule has 0 aliphatic heterocycles. The van der Waals surface area contributed by atoms with Crippen LogP contribution < -0.4 is 5.32 Å². The standard InChI is InChI=1S/C10H14N4S/c1-3-8-6-13-9(15-8)7(2)14-10-11-4-5-12-10/h4-7H,3H2,1-2H3,(H2,11,12,14). The van der Waals surface area contributed by atoms with Crippen molar-refractivity contribution in [1.82, 2.24) is 15.0 Å². The number of rotatable bonds is 4. The van der Waals surface area contributed by atoms with Gasteiger partial charge in [-0.3, -0.25) is 0 Å². The quantitative estimate of drug-likeness (QED) is 0.836. The van der Waals surface area contributed by atoms with Crippen molar-refractivity contribution < 1.29 is 0 Å². The van der Waals surface area contributed by atoms with E-state index in [1.807, 2.05) is 6.20 Å². The van der Waals surface area contributed by atoms with Crippen LogP contribution in [-0.2, 0) is 6.42 Å². The zero-order valence-electron chi connectivity index (χ0n) is 8.82. The predicted octanol–water partition coefficient (Wildman–Crippen LogP) is 2.60. The van der Waals surface area contributed by atoms with Crippen LogP contribution in [0.5, 0.6) is 0 Å². The van der Waals surface area contributed by atoms with Gasteiger partial charge in [-0.05, 0) is 13.3 Å². The topological polar surface area (TPSA) is 53.6 Å². The van der Waals surface area contributed by atoms with E-state index in [9.17, 15) is 0 Å². The molecule has 80 valence electrons. The Morgan fingerprint density at radius 3 is 3.00 bits per heavy atom. The van der Waals surface area contributed by atoms with Crippen molar-refractivity contribution in [3.8, 4) is 0 Å². The molecule has 0 saturated heterocycles. The van der Waals surface area contributed by atoms with Crippen molar-refractivity contribution in [2.24, 2.45) is 0 Å². The van der Waals surface area contributed by atoms with Crippen molar-refractivity contribution in [3.63, 3.8) is 0 Å². The zero-order chi connectivity index (χ0) is 10.7.